The summed E-state index contributed by atoms with van der Waals surface area (Å²) >= 11 is 0. The largest absolute Gasteiger partial charge is 2.00 e. The van der Waals surface area contributed by atoms with Gasteiger partial charge in [0.05, 0.1) is 17.4 Å². The third-order valence-electron chi connectivity index (χ3n) is 4.55. The van der Waals surface area contributed by atoms with Crippen LogP contribution in [0.2, 0.25) is 0 Å². The number of rotatable bonds is 10. The van der Waals surface area contributed by atoms with E-state index in [0.717, 1.165) is 5.56 Å². The Morgan fingerprint density at radius 3 is 2.62 bits per heavy atom. The maximum atomic E-state index is 12.7. The summed E-state index contributed by atoms with van der Waals surface area (Å²) in [5, 5.41) is 13.1. The zero-order chi connectivity index (χ0) is 22.2. The summed E-state index contributed by atoms with van der Waals surface area (Å²) in [5.74, 6) is -0.479. The fraction of sp³-hybridized carbons (Fsp3) is 0.286. The smallest absolute Gasteiger partial charge is 0.492 e. The van der Waals surface area contributed by atoms with Gasteiger partial charge in [0.25, 0.3) is 5.56 Å². The van der Waals surface area contributed by atoms with Crippen molar-refractivity contribution in [3.8, 4) is 5.75 Å². The molecule has 0 amide bonds. The van der Waals surface area contributed by atoms with E-state index in [-0.39, 0.29) is 54.1 Å². The Balaban J connectivity index is 0.00000363. The van der Waals surface area contributed by atoms with Crippen molar-refractivity contribution in [3.05, 3.63) is 74.9 Å². The number of azide groups is 1. The fourth-order valence-corrected chi connectivity index (χ4v) is 3.08. The van der Waals surface area contributed by atoms with Gasteiger partial charge in [-0.1, -0.05) is 24.3 Å². The van der Waals surface area contributed by atoms with Crippen molar-refractivity contribution < 1.29 is 19.4 Å². The first kappa shape index (κ1) is 25.1. The molecule has 1 atom stereocenters. The fourth-order valence-electron chi connectivity index (χ4n) is 3.08. The Labute approximate surface area is 199 Å². The Bertz CT molecular complexity index is 1180. The number of carboxylic acid groups (broad SMARTS) is 1. The van der Waals surface area contributed by atoms with Gasteiger partial charge in [0.2, 0.25) is 0 Å². The quantitative estimate of drug-likeness (QED) is 0.219. The molecule has 1 heterocycles. The van der Waals surface area contributed by atoms with Crippen molar-refractivity contribution in [1.29, 1.82) is 0 Å². The number of para-hydroxylation sites is 1. The second-order valence-electron chi connectivity index (χ2n) is 6.55. The minimum Gasteiger partial charge on any atom is -0.492 e. The molecule has 3 rings (SSSR count). The molecule has 0 radical (unpaired) electrons. The van der Waals surface area contributed by atoms with E-state index in [2.05, 4.69) is 15.0 Å². The van der Waals surface area contributed by atoms with Crippen LogP contribution in [0.4, 0.5) is 5.95 Å². The second kappa shape index (κ2) is 12.1. The molecule has 0 bridgehead atoms. The van der Waals surface area contributed by atoms with E-state index in [9.17, 15) is 14.7 Å². The molecular formula is C21H21MgN5O5+2. The maximum Gasteiger partial charge on any atom is 2.00 e. The molecule has 0 saturated heterocycles. The van der Waals surface area contributed by atoms with Crippen LogP contribution in [0, 0.1) is 0 Å². The Hall–Kier alpha value is -3.11. The second-order valence-corrected chi connectivity index (χ2v) is 6.55. The molecule has 32 heavy (non-hydrogen) atoms. The molecule has 0 aliphatic heterocycles. The molecule has 2 aromatic carbocycles. The minimum atomic E-state index is -1.01. The first-order valence-corrected chi connectivity index (χ1v) is 9.64. The van der Waals surface area contributed by atoms with Gasteiger partial charge in [-0.25, -0.2) is 9.78 Å². The summed E-state index contributed by atoms with van der Waals surface area (Å²) in [6, 6.07) is 13.8. The topological polar surface area (TPSA) is 139 Å². The standard InChI is InChI=1S/C21H21N5O5.Mg/c1-2-30-18(20(28)29)13-14-7-9-15(10-8-14)31-12-11-26-19(27)16-5-3-4-6-17(16)23-21(26)24-25-22;/h3-10,18H,2,11-13H2,1H3,(H,28,29);/q;+2. The summed E-state index contributed by atoms with van der Waals surface area (Å²) in [5.41, 5.74) is 9.73. The number of aromatic nitrogens is 2. The van der Waals surface area contributed by atoms with Crippen LogP contribution in [0.5, 0.6) is 5.75 Å². The van der Waals surface area contributed by atoms with Crippen LogP contribution in [0.15, 0.2) is 58.4 Å². The van der Waals surface area contributed by atoms with Crippen LogP contribution in [-0.4, -0.2) is 63.0 Å². The molecule has 10 nitrogen and oxygen atoms in total. The van der Waals surface area contributed by atoms with Crippen molar-refractivity contribution in [3.63, 3.8) is 0 Å². The third-order valence-corrected chi connectivity index (χ3v) is 4.55. The molecule has 0 aliphatic carbocycles. The number of hydrogen-bond acceptors (Lipinski definition) is 6. The predicted octanol–water partition coefficient (Wildman–Crippen LogP) is 3.07. The predicted molar refractivity (Wildman–Crippen MR) is 119 cm³/mol. The van der Waals surface area contributed by atoms with E-state index >= 15 is 0 Å². The normalized spacial score (nSPS) is 11.3. The van der Waals surface area contributed by atoms with Crippen LogP contribution in [0.3, 0.4) is 0 Å². The van der Waals surface area contributed by atoms with Gasteiger partial charge in [-0.3, -0.25) is 9.36 Å². The molecule has 11 heteroatoms. The van der Waals surface area contributed by atoms with Crippen molar-refractivity contribution in [1.82, 2.24) is 9.55 Å². The molecular weight excluding hydrogens is 427 g/mol. The monoisotopic (exact) mass is 447 g/mol. The van der Waals surface area contributed by atoms with Gasteiger partial charge in [-0.2, -0.15) is 0 Å². The van der Waals surface area contributed by atoms with E-state index in [4.69, 9.17) is 15.0 Å². The van der Waals surface area contributed by atoms with Gasteiger partial charge in [0.15, 0.2) is 12.1 Å². The summed E-state index contributed by atoms with van der Waals surface area (Å²) < 4.78 is 12.2. The maximum absolute atomic E-state index is 12.7. The van der Waals surface area contributed by atoms with Gasteiger partial charge >= 0.3 is 29.0 Å². The molecule has 1 unspecified atom stereocenters. The van der Waals surface area contributed by atoms with Gasteiger partial charge in [-0.05, 0) is 47.4 Å². The van der Waals surface area contributed by atoms with Crippen molar-refractivity contribution in [2.75, 3.05) is 13.2 Å². The molecule has 0 fully saturated rings. The van der Waals surface area contributed by atoms with E-state index in [1.54, 1.807) is 55.5 Å². The van der Waals surface area contributed by atoms with Crippen molar-refractivity contribution >= 4 is 45.9 Å². The summed E-state index contributed by atoms with van der Waals surface area (Å²) in [7, 11) is 0. The summed E-state index contributed by atoms with van der Waals surface area (Å²) in [6.07, 6.45) is -0.653. The van der Waals surface area contributed by atoms with E-state index in [1.807, 2.05) is 0 Å². The Morgan fingerprint density at radius 2 is 1.97 bits per heavy atom. The molecule has 0 spiro atoms. The van der Waals surface area contributed by atoms with E-state index in [1.165, 1.54) is 4.57 Å². The van der Waals surface area contributed by atoms with Gasteiger partial charge in [-0.15, -0.1) is 0 Å². The third kappa shape index (κ3) is 6.20. The number of fused-ring (bicyclic) bond motifs is 1. The van der Waals surface area contributed by atoms with Gasteiger partial charge < -0.3 is 14.6 Å². The van der Waals surface area contributed by atoms with E-state index < -0.39 is 12.1 Å². The van der Waals surface area contributed by atoms with Crippen LogP contribution in [0.1, 0.15) is 12.5 Å². The number of carboxylic acids is 1. The van der Waals surface area contributed by atoms with Crippen LogP contribution < -0.4 is 10.3 Å². The number of aliphatic carboxylic acids is 1. The average Bonchev–Trinajstić information content (AvgIpc) is 2.77. The molecule has 3 aromatic rings. The minimum absolute atomic E-state index is 0. The first-order valence-electron chi connectivity index (χ1n) is 9.64. The number of carbonyl (C=O) groups is 1. The Morgan fingerprint density at radius 1 is 1.25 bits per heavy atom. The van der Waals surface area contributed by atoms with Crippen molar-refractivity contribution in [2.45, 2.75) is 26.0 Å². The van der Waals surface area contributed by atoms with E-state index in [0.29, 0.717) is 23.3 Å². The number of nitrogens with zero attached hydrogens (tertiary/aromatic N) is 5. The van der Waals surface area contributed by atoms with Crippen LogP contribution in [-0.2, 0) is 22.5 Å². The first-order chi connectivity index (χ1) is 15.0. The molecule has 1 N–H and O–H groups in total. The zero-order valence-corrected chi connectivity index (χ0v) is 19.0. The van der Waals surface area contributed by atoms with Crippen LogP contribution in [0.25, 0.3) is 21.3 Å². The molecule has 0 saturated carbocycles. The summed E-state index contributed by atoms with van der Waals surface area (Å²) in [4.78, 5) is 31.0. The number of hydrogen-bond donors (Lipinski definition) is 1. The SMILES string of the molecule is CCOC(Cc1ccc(OCCn2c(N=[N+]=[N-])nc3ccccc3c2=O)cc1)C(=O)O.[Mg+2]. The van der Waals surface area contributed by atoms with Gasteiger partial charge in [0, 0.05) is 17.9 Å². The average molecular weight is 448 g/mol. The molecule has 160 valence electrons. The van der Waals surface area contributed by atoms with Gasteiger partial charge in [0.1, 0.15) is 12.4 Å². The number of ether oxygens (including phenoxy) is 2. The van der Waals surface area contributed by atoms with Crippen LogP contribution >= 0.6 is 0 Å². The summed E-state index contributed by atoms with van der Waals surface area (Å²) in [6.45, 7) is 2.34. The molecule has 0 aliphatic rings. The van der Waals surface area contributed by atoms with Crippen molar-refractivity contribution in [2.24, 2.45) is 5.11 Å². The zero-order valence-electron chi connectivity index (χ0n) is 17.5. The molecule has 1 aromatic heterocycles. The number of benzene rings is 2. The Kier molecular flexibility index (Phi) is 9.48.